The van der Waals surface area contributed by atoms with Crippen molar-refractivity contribution in [3.63, 3.8) is 0 Å². The summed E-state index contributed by atoms with van der Waals surface area (Å²) in [4.78, 5) is 15.1. The maximum Gasteiger partial charge on any atom is 0.409 e. The van der Waals surface area contributed by atoms with E-state index >= 15 is 4.39 Å². The largest absolute Gasteiger partial charge is 0.465 e. The van der Waals surface area contributed by atoms with Gasteiger partial charge in [0, 0.05) is 44.8 Å². The number of benzene rings is 1. The normalized spacial score (nSPS) is 15.1. The van der Waals surface area contributed by atoms with E-state index in [0.717, 1.165) is 18.2 Å². The summed E-state index contributed by atoms with van der Waals surface area (Å²) in [6.45, 7) is 7.01. The first-order valence-corrected chi connectivity index (χ1v) is 14.7. The van der Waals surface area contributed by atoms with E-state index in [9.17, 15) is 13.6 Å². The molecule has 12 heteroatoms. The predicted molar refractivity (Wildman–Crippen MR) is 126 cm³/mol. The molecule has 35 heavy (non-hydrogen) atoms. The summed E-state index contributed by atoms with van der Waals surface area (Å²) in [5.41, 5.74) is -1.55. The van der Waals surface area contributed by atoms with E-state index in [4.69, 9.17) is 19.3 Å². The molecule has 0 spiro atoms. The van der Waals surface area contributed by atoms with Crippen molar-refractivity contribution in [1.82, 2.24) is 9.55 Å². The third kappa shape index (κ3) is 5.44. The molecule has 1 saturated heterocycles. The van der Waals surface area contributed by atoms with Crippen LogP contribution >= 0.6 is 0 Å². The van der Waals surface area contributed by atoms with Crippen molar-refractivity contribution in [2.24, 2.45) is 0 Å². The van der Waals surface area contributed by atoms with Gasteiger partial charge in [0.25, 0.3) is 0 Å². The Hall–Kier alpha value is -3.09. The van der Waals surface area contributed by atoms with Crippen molar-refractivity contribution in [2.45, 2.75) is 38.1 Å². The van der Waals surface area contributed by atoms with Crippen LogP contribution in [0.2, 0.25) is 25.7 Å². The van der Waals surface area contributed by atoms with E-state index in [1.165, 1.54) is 12.3 Å². The van der Waals surface area contributed by atoms with Crippen LogP contribution in [0.3, 0.4) is 0 Å². The number of ether oxygens (including phenoxy) is 3. The van der Waals surface area contributed by atoms with Gasteiger partial charge < -0.3 is 23.9 Å². The van der Waals surface area contributed by atoms with Gasteiger partial charge in [0.1, 0.15) is 18.1 Å². The van der Waals surface area contributed by atoms with Gasteiger partial charge in [-0.15, -0.1) is 0 Å². The summed E-state index contributed by atoms with van der Waals surface area (Å²) < 4.78 is 62.9. The third-order valence-electron chi connectivity index (χ3n) is 5.55. The summed E-state index contributed by atoms with van der Waals surface area (Å²) in [5.74, 6) is -3.02. The minimum atomic E-state index is -1.81. The van der Waals surface area contributed by atoms with Crippen LogP contribution in [-0.4, -0.2) is 48.6 Å². The Balaban J connectivity index is 1.70. The molecule has 0 radical (unpaired) electrons. The van der Waals surface area contributed by atoms with Crippen LogP contribution < -0.4 is 10.1 Å². The summed E-state index contributed by atoms with van der Waals surface area (Å²) in [6.07, 6.45) is 1.48. The predicted octanol–water partition coefficient (Wildman–Crippen LogP) is 5.70. The fourth-order valence-corrected chi connectivity index (χ4v) is 4.41. The fourth-order valence-electron chi connectivity index (χ4n) is 3.65. The lowest BCUT2D eigenvalue weighted by Crippen LogP contribution is -2.42. The molecule has 0 atom stereocenters. The van der Waals surface area contributed by atoms with Crippen LogP contribution in [-0.2, 0) is 21.9 Å². The lowest BCUT2D eigenvalue weighted by atomic mass is 9.94. The number of alkyl halides is 1. The Morgan fingerprint density at radius 1 is 1.29 bits per heavy atom. The molecule has 1 aromatic carbocycles. The van der Waals surface area contributed by atoms with Crippen LogP contribution in [0.15, 0.2) is 30.6 Å². The molecule has 8 nitrogen and oxygen atoms in total. The second-order valence-corrected chi connectivity index (χ2v) is 15.2. The van der Waals surface area contributed by atoms with Crippen molar-refractivity contribution < 1.29 is 37.3 Å². The first-order chi connectivity index (χ1) is 16.5. The number of pyridine rings is 1. The number of anilines is 1. The summed E-state index contributed by atoms with van der Waals surface area (Å²) >= 11 is 0. The molecular weight excluding hydrogens is 483 g/mol. The van der Waals surface area contributed by atoms with E-state index in [2.05, 4.69) is 24.6 Å². The zero-order valence-electron chi connectivity index (χ0n) is 19.5. The third-order valence-corrected chi connectivity index (χ3v) is 7.26. The molecule has 0 unspecified atom stereocenters. The summed E-state index contributed by atoms with van der Waals surface area (Å²) in [6, 6.07) is 3.92. The smallest absolute Gasteiger partial charge is 0.409 e. The lowest BCUT2D eigenvalue weighted by molar-refractivity contribution is -0.134. The quantitative estimate of drug-likeness (QED) is 0.284. The van der Waals surface area contributed by atoms with Crippen molar-refractivity contribution in [3.05, 3.63) is 47.8 Å². The summed E-state index contributed by atoms with van der Waals surface area (Å²) in [5, 5.41) is 10.9. The van der Waals surface area contributed by atoms with Crippen molar-refractivity contribution in [3.8, 4) is 11.5 Å². The number of fused-ring (bicyclic) bond motifs is 1. The molecule has 1 aliphatic rings. The maximum absolute atomic E-state index is 15.5. The Morgan fingerprint density at radius 3 is 2.54 bits per heavy atom. The van der Waals surface area contributed by atoms with Gasteiger partial charge in [-0.1, -0.05) is 19.6 Å². The fraction of sp³-hybridized carbons (Fsp3) is 0.391. The van der Waals surface area contributed by atoms with Gasteiger partial charge in [-0.25, -0.2) is 22.9 Å². The minimum absolute atomic E-state index is 0.00785. The van der Waals surface area contributed by atoms with Gasteiger partial charge in [0.05, 0.1) is 24.3 Å². The molecule has 4 rings (SSSR count). The SMILES string of the molecule is C[Si](C)(C)CCOCn1cc(C2(F)COC2)c2c(Oc3c(F)cc(NC(=O)O)cc3F)ccnc21. The number of amides is 1. The second kappa shape index (κ2) is 9.51. The van der Waals surface area contributed by atoms with E-state index < -0.39 is 37.2 Å². The number of hydrogen-bond donors (Lipinski definition) is 2. The zero-order chi connectivity index (χ0) is 25.4. The van der Waals surface area contributed by atoms with Crippen LogP contribution in [0.4, 0.5) is 23.7 Å². The van der Waals surface area contributed by atoms with Gasteiger partial charge in [-0.2, -0.15) is 0 Å². The monoisotopic (exact) mass is 509 g/mol. The van der Waals surface area contributed by atoms with Gasteiger partial charge in [-0.3, -0.25) is 5.32 Å². The Labute approximate surface area is 200 Å². The standard InChI is InChI=1S/C23H26F3N3O5Si/c1-35(2,3)7-6-32-13-29-10-15(23(26)11-33-12-23)19-18(4-5-27-21(19)29)34-20-16(24)8-14(9-17(20)25)28-22(30)31/h4-5,8-10,28H,6-7,11-13H2,1-3H3,(H,30,31). The number of nitrogens with one attached hydrogen (secondary N) is 1. The molecule has 0 aliphatic carbocycles. The van der Waals surface area contributed by atoms with Gasteiger partial charge in [0.2, 0.25) is 0 Å². The van der Waals surface area contributed by atoms with Gasteiger partial charge in [-0.05, 0) is 12.1 Å². The highest BCUT2D eigenvalue weighted by molar-refractivity contribution is 6.76. The Morgan fingerprint density at radius 2 is 1.97 bits per heavy atom. The number of aromatic nitrogens is 2. The Kier molecular flexibility index (Phi) is 6.80. The van der Waals surface area contributed by atoms with Crippen molar-refractivity contribution in [1.29, 1.82) is 0 Å². The first-order valence-electron chi connectivity index (χ1n) is 11.0. The molecule has 3 aromatic rings. The zero-order valence-corrected chi connectivity index (χ0v) is 20.5. The number of halogens is 3. The number of carbonyl (C=O) groups is 1. The molecule has 2 aromatic heterocycles. The highest BCUT2D eigenvalue weighted by Crippen LogP contribution is 2.43. The number of carboxylic acid groups (broad SMARTS) is 1. The lowest BCUT2D eigenvalue weighted by Gasteiger charge is -2.33. The molecule has 188 valence electrons. The number of rotatable bonds is 9. The number of nitrogens with zero attached hydrogens (tertiary/aromatic N) is 2. The molecule has 0 bridgehead atoms. The molecule has 1 fully saturated rings. The molecule has 3 heterocycles. The molecule has 0 saturated carbocycles. The minimum Gasteiger partial charge on any atom is -0.465 e. The van der Waals surface area contributed by atoms with Gasteiger partial charge >= 0.3 is 6.09 Å². The van der Waals surface area contributed by atoms with Crippen LogP contribution in [0.1, 0.15) is 5.56 Å². The van der Waals surface area contributed by atoms with Crippen LogP contribution in [0, 0.1) is 11.6 Å². The second-order valence-electron chi connectivity index (χ2n) is 9.63. The van der Waals surface area contributed by atoms with E-state index in [-0.39, 0.29) is 42.3 Å². The average Bonchev–Trinajstić information content (AvgIpc) is 3.11. The van der Waals surface area contributed by atoms with Crippen LogP contribution in [0.5, 0.6) is 11.5 Å². The number of hydrogen-bond acceptors (Lipinski definition) is 5. The van der Waals surface area contributed by atoms with Crippen LogP contribution in [0.25, 0.3) is 11.0 Å². The topological polar surface area (TPSA) is 94.8 Å². The highest BCUT2D eigenvalue weighted by atomic mass is 28.3. The van der Waals surface area contributed by atoms with Gasteiger partial charge in [0.15, 0.2) is 23.1 Å². The molecule has 2 N–H and O–H groups in total. The van der Waals surface area contributed by atoms with E-state index in [1.807, 2.05) is 5.32 Å². The molecular formula is C23H26F3N3O5Si. The average molecular weight is 510 g/mol. The van der Waals surface area contributed by atoms with Crippen molar-refractivity contribution in [2.75, 3.05) is 25.1 Å². The van der Waals surface area contributed by atoms with Crippen molar-refractivity contribution >= 4 is 30.9 Å². The highest BCUT2D eigenvalue weighted by Gasteiger charge is 2.44. The maximum atomic E-state index is 15.5. The molecule has 1 aliphatic heterocycles. The molecule has 1 amide bonds. The summed E-state index contributed by atoms with van der Waals surface area (Å²) in [7, 11) is -1.30. The first kappa shape index (κ1) is 25.0. The van der Waals surface area contributed by atoms with E-state index in [1.54, 1.807) is 10.8 Å². The van der Waals surface area contributed by atoms with E-state index in [0.29, 0.717) is 12.3 Å². The Bertz CT molecular complexity index is 1230.